The topological polar surface area (TPSA) is 9.23 Å². The molecule has 1 rings (SSSR count). The van der Waals surface area contributed by atoms with E-state index >= 15 is 0 Å². The Morgan fingerprint density at radius 3 is 2.18 bits per heavy atom. The summed E-state index contributed by atoms with van der Waals surface area (Å²) in [7, 11) is -1.49. The zero-order valence-corrected chi connectivity index (χ0v) is 13.6. The van der Waals surface area contributed by atoms with Gasteiger partial charge in [0.05, 0.1) is 0 Å². The summed E-state index contributed by atoms with van der Waals surface area (Å²) in [6, 6.07) is 0. The molecule has 0 amide bonds. The predicted octanol–water partition coefficient (Wildman–Crippen LogP) is 5.37. The molecule has 0 atom stereocenters. The maximum atomic E-state index is 6.22. The van der Waals surface area contributed by atoms with Gasteiger partial charge in [0.25, 0.3) is 0 Å². The van der Waals surface area contributed by atoms with Gasteiger partial charge in [0, 0.05) is 6.61 Å². The number of hydrogen-bond acceptors (Lipinski definition) is 1. The summed E-state index contributed by atoms with van der Waals surface area (Å²) in [5, 5.41) is 0.359. The van der Waals surface area contributed by atoms with Crippen LogP contribution in [0.4, 0.5) is 0 Å². The van der Waals surface area contributed by atoms with E-state index in [1.54, 1.807) is 0 Å². The molecule has 1 fully saturated rings. The Labute approximate surface area is 109 Å². The fraction of sp³-hybridized carbons (Fsp3) is 1.00. The molecule has 0 radical (unpaired) electrons. The molecule has 2 heteroatoms. The molecule has 0 aromatic heterocycles. The molecule has 1 nitrogen and oxygen atoms in total. The average molecular weight is 257 g/mol. The van der Waals surface area contributed by atoms with Crippen LogP contribution in [0.5, 0.6) is 0 Å². The summed E-state index contributed by atoms with van der Waals surface area (Å²) >= 11 is 0. The highest BCUT2D eigenvalue weighted by molar-refractivity contribution is 6.74. The van der Waals surface area contributed by atoms with Gasteiger partial charge in [-0.1, -0.05) is 52.9 Å². The third-order valence-corrected chi connectivity index (χ3v) is 9.29. The van der Waals surface area contributed by atoms with Crippen LogP contribution in [-0.4, -0.2) is 14.9 Å². The fourth-order valence-electron chi connectivity index (χ4n) is 2.39. The molecule has 0 aromatic carbocycles. The first-order valence-electron chi connectivity index (χ1n) is 7.47. The highest BCUT2D eigenvalue weighted by atomic mass is 28.4. The third kappa shape index (κ3) is 5.13. The molecule has 1 aliphatic rings. The molecular weight excluding hydrogens is 224 g/mol. The summed E-state index contributed by atoms with van der Waals surface area (Å²) in [5.41, 5.74) is 0. The van der Waals surface area contributed by atoms with E-state index in [9.17, 15) is 0 Å². The summed E-state index contributed by atoms with van der Waals surface area (Å²) in [6.45, 7) is 12.7. The Morgan fingerprint density at radius 1 is 1.06 bits per heavy atom. The molecule has 1 aliphatic carbocycles. The third-order valence-electron chi connectivity index (χ3n) is 4.75. The molecule has 0 unspecified atom stereocenters. The summed E-state index contributed by atoms with van der Waals surface area (Å²) in [6.07, 6.45) is 10.0. The zero-order valence-electron chi connectivity index (χ0n) is 12.6. The van der Waals surface area contributed by atoms with E-state index in [-0.39, 0.29) is 0 Å². The van der Waals surface area contributed by atoms with E-state index in [1.165, 1.54) is 44.9 Å². The van der Waals surface area contributed by atoms with Gasteiger partial charge in [-0.3, -0.25) is 0 Å². The smallest absolute Gasteiger partial charge is 0.191 e. The first-order chi connectivity index (χ1) is 7.83. The van der Waals surface area contributed by atoms with Crippen molar-refractivity contribution in [2.24, 2.45) is 5.92 Å². The summed E-state index contributed by atoms with van der Waals surface area (Å²) < 4.78 is 6.22. The van der Waals surface area contributed by atoms with Crippen molar-refractivity contribution in [2.45, 2.75) is 83.8 Å². The van der Waals surface area contributed by atoms with Crippen molar-refractivity contribution in [1.82, 2.24) is 0 Å². The largest absolute Gasteiger partial charge is 0.417 e. The summed E-state index contributed by atoms with van der Waals surface area (Å²) in [4.78, 5) is 0. The molecule has 0 saturated heterocycles. The quantitative estimate of drug-likeness (QED) is 0.475. The van der Waals surface area contributed by atoms with Crippen LogP contribution in [0.25, 0.3) is 0 Å². The predicted molar refractivity (Wildman–Crippen MR) is 79.0 cm³/mol. The number of hydrogen-bond donors (Lipinski definition) is 0. The van der Waals surface area contributed by atoms with Crippen LogP contribution in [0.15, 0.2) is 0 Å². The zero-order chi connectivity index (χ0) is 12.9. The Morgan fingerprint density at radius 2 is 1.65 bits per heavy atom. The lowest BCUT2D eigenvalue weighted by atomic mass is 9.86. The SMILES string of the molecule is CC(C)(C)[Si](C)(C)OCCCC1CCCCC1. The van der Waals surface area contributed by atoms with Crippen LogP contribution in [-0.2, 0) is 4.43 Å². The fourth-order valence-corrected chi connectivity index (χ4v) is 3.48. The van der Waals surface area contributed by atoms with Gasteiger partial charge in [-0.05, 0) is 36.9 Å². The molecule has 0 aromatic rings. The first-order valence-corrected chi connectivity index (χ1v) is 10.4. The van der Waals surface area contributed by atoms with Crippen LogP contribution < -0.4 is 0 Å². The molecule has 0 spiro atoms. The molecule has 0 aliphatic heterocycles. The highest BCUT2D eigenvalue weighted by Gasteiger charge is 2.36. The van der Waals surface area contributed by atoms with Crippen molar-refractivity contribution in [1.29, 1.82) is 0 Å². The maximum absolute atomic E-state index is 6.22. The highest BCUT2D eigenvalue weighted by Crippen LogP contribution is 2.36. The Balaban J connectivity index is 2.15. The van der Waals surface area contributed by atoms with Crippen molar-refractivity contribution >= 4 is 8.32 Å². The van der Waals surface area contributed by atoms with Crippen molar-refractivity contribution < 1.29 is 4.43 Å². The molecule has 102 valence electrons. The second-order valence-corrected chi connectivity index (χ2v) is 12.1. The van der Waals surface area contributed by atoms with E-state index in [0.717, 1.165) is 12.5 Å². The van der Waals surface area contributed by atoms with E-state index in [0.29, 0.717) is 5.04 Å². The van der Waals surface area contributed by atoms with E-state index in [2.05, 4.69) is 33.9 Å². The monoisotopic (exact) mass is 256 g/mol. The minimum absolute atomic E-state index is 0.359. The van der Waals surface area contributed by atoms with Crippen molar-refractivity contribution in [3.63, 3.8) is 0 Å². The van der Waals surface area contributed by atoms with Gasteiger partial charge in [0.2, 0.25) is 0 Å². The average Bonchev–Trinajstić information content (AvgIpc) is 2.24. The van der Waals surface area contributed by atoms with Gasteiger partial charge in [0.1, 0.15) is 0 Å². The number of rotatable bonds is 5. The standard InChI is InChI=1S/C15H32OSi/c1-15(2,3)17(4,5)16-13-9-12-14-10-7-6-8-11-14/h14H,6-13H2,1-5H3. The van der Waals surface area contributed by atoms with Crippen LogP contribution in [0.3, 0.4) is 0 Å². The van der Waals surface area contributed by atoms with Crippen molar-refractivity contribution in [2.75, 3.05) is 6.61 Å². The first kappa shape index (κ1) is 15.2. The molecule has 0 bridgehead atoms. The van der Waals surface area contributed by atoms with Crippen LogP contribution >= 0.6 is 0 Å². The van der Waals surface area contributed by atoms with E-state index in [1.807, 2.05) is 0 Å². The molecule has 0 heterocycles. The normalized spacial score (nSPS) is 19.6. The second kappa shape index (κ2) is 6.37. The van der Waals surface area contributed by atoms with Crippen molar-refractivity contribution in [3.05, 3.63) is 0 Å². The van der Waals surface area contributed by atoms with Gasteiger partial charge in [-0.25, -0.2) is 0 Å². The second-order valence-electron chi connectivity index (χ2n) is 7.26. The van der Waals surface area contributed by atoms with Gasteiger partial charge >= 0.3 is 0 Å². The lowest BCUT2D eigenvalue weighted by Gasteiger charge is -2.36. The van der Waals surface area contributed by atoms with Crippen LogP contribution in [0, 0.1) is 5.92 Å². The van der Waals surface area contributed by atoms with Crippen LogP contribution in [0.2, 0.25) is 18.1 Å². The maximum Gasteiger partial charge on any atom is 0.191 e. The molecule has 0 N–H and O–H groups in total. The molecular formula is C15H32OSi. The Kier molecular flexibility index (Phi) is 5.71. The molecule has 17 heavy (non-hydrogen) atoms. The van der Waals surface area contributed by atoms with Gasteiger partial charge < -0.3 is 4.43 Å². The van der Waals surface area contributed by atoms with Gasteiger partial charge in [0.15, 0.2) is 8.32 Å². The van der Waals surface area contributed by atoms with Crippen LogP contribution in [0.1, 0.15) is 65.7 Å². The van der Waals surface area contributed by atoms with E-state index < -0.39 is 8.32 Å². The molecule has 1 saturated carbocycles. The minimum Gasteiger partial charge on any atom is -0.417 e. The Bertz CT molecular complexity index is 211. The summed E-state index contributed by atoms with van der Waals surface area (Å²) in [5.74, 6) is 1.01. The van der Waals surface area contributed by atoms with Gasteiger partial charge in [-0.2, -0.15) is 0 Å². The van der Waals surface area contributed by atoms with Gasteiger partial charge in [-0.15, -0.1) is 0 Å². The van der Waals surface area contributed by atoms with E-state index in [4.69, 9.17) is 4.43 Å². The minimum atomic E-state index is -1.49. The Hall–Kier alpha value is 0.177. The lowest BCUT2D eigenvalue weighted by molar-refractivity contribution is 0.252. The van der Waals surface area contributed by atoms with Crippen molar-refractivity contribution in [3.8, 4) is 0 Å². The lowest BCUT2D eigenvalue weighted by Crippen LogP contribution is -2.41.